The molecule has 0 saturated carbocycles. The highest BCUT2D eigenvalue weighted by Crippen LogP contribution is 2.19. The van der Waals surface area contributed by atoms with Crippen LogP contribution in [-0.2, 0) is 0 Å². The lowest BCUT2D eigenvalue weighted by atomic mass is 10.0. The first-order valence-electron chi connectivity index (χ1n) is 9.01. The van der Waals surface area contributed by atoms with Gasteiger partial charge in [0.05, 0.1) is 0 Å². The van der Waals surface area contributed by atoms with Crippen LogP contribution in [0.3, 0.4) is 0 Å². The second-order valence-electron chi connectivity index (χ2n) is 6.94. The molecule has 2 aromatic carbocycles. The number of rotatable bonds is 5. The summed E-state index contributed by atoms with van der Waals surface area (Å²) in [6, 6.07) is 17.5. The van der Waals surface area contributed by atoms with E-state index >= 15 is 0 Å². The van der Waals surface area contributed by atoms with E-state index in [0.29, 0.717) is 17.6 Å². The minimum atomic E-state index is -0.262. The van der Waals surface area contributed by atoms with E-state index in [0.717, 1.165) is 22.6 Å². The molecule has 2 N–H and O–H groups in total. The second-order valence-corrected chi connectivity index (χ2v) is 6.94. The fourth-order valence-corrected chi connectivity index (χ4v) is 2.65. The van der Waals surface area contributed by atoms with E-state index in [1.165, 1.54) is 5.56 Å². The standard InChI is InChI=1S/C22H24N4O/c1-14(2)17-7-11-19(12-8-17)25-22-23-16(4)13-20(26-22)21(27)24-18-9-5-15(3)6-10-18/h5-14H,1-4H3,(H,24,27)(H,23,25,26). The molecule has 5 heteroatoms. The van der Waals surface area contributed by atoms with E-state index in [1.54, 1.807) is 6.07 Å². The van der Waals surface area contributed by atoms with E-state index < -0.39 is 0 Å². The summed E-state index contributed by atoms with van der Waals surface area (Å²) in [7, 11) is 0. The number of aromatic nitrogens is 2. The van der Waals surface area contributed by atoms with Gasteiger partial charge in [0.25, 0.3) is 5.91 Å². The number of carbonyl (C=O) groups excluding carboxylic acids is 1. The van der Waals surface area contributed by atoms with Crippen molar-refractivity contribution >= 4 is 23.2 Å². The average Bonchev–Trinajstić information content (AvgIpc) is 2.63. The van der Waals surface area contributed by atoms with Gasteiger partial charge in [-0.3, -0.25) is 4.79 Å². The Labute approximate surface area is 159 Å². The maximum atomic E-state index is 12.5. The summed E-state index contributed by atoms with van der Waals surface area (Å²) in [5, 5.41) is 6.04. The second kappa shape index (κ2) is 7.99. The number of hydrogen-bond donors (Lipinski definition) is 2. The van der Waals surface area contributed by atoms with Gasteiger partial charge in [-0.1, -0.05) is 43.7 Å². The van der Waals surface area contributed by atoms with Crippen molar-refractivity contribution in [2.75, 3.05) is 10.6 Å². The van der Waals surface area contributed by atoms with Crippen LogP contribution in [0.1, 0.15) is 47.1 Å². The van der Waals surface area contributed by atoms with Crippen LogP contribution in [-0.4, -0.2) is 15.9 Å². The molecule has 1 amide bonds. The van der Waals surface area contributed by atoms with Gasteiger partial charge in [-0.2, -0.15) is 0 Å². The van der Waals surface area contributed by atoms with E-state index in [-0.39, 0.29) is 5.91 Å². The van der Waals surface area contributed by atoms with Crippen LogP contribution < -0.4 is 10.6 Å². The third-order valence-corrected chi connectivity index (χ3v) is 4.23. The molecule has 0 aliphatic heterocycles. The molecule has 1 heterocycles. The lowest BCUT2D eigenvalue weighted by Crippen LogP contribution is -2.15. The lowest BCUT2D eigenvalue weighted by molar-refractivity contribution is 0.102. The number of benzene rings is 2. The van der Waals surface area contributed by atoms with Gasteiger partial charge < -0.3 is 10.6 Å². The predicted octanol–water partition coefficient (Wildman–Crippen LogP) is 5.21. The van der Waals surface area contributed by atoms with Gasteiger partial charge in [-0.25, -0.2) is 9.97 Å². The van der Waals surface area contributed by atoms with Gasteiger partial charge in [-0.15, -0.1) is 0 Å². The number of carbonyl (C=O) groups is 1. The quantitative estimate of drug-likeness (QED) is 0.655. The first kappa shape index (κ1) is 18.6. The molecule has 0 aliphatic carbocycles. The summed E-state index contributed by atoms with van der Waals surface area (Å²) < 4.78 is 0. The van der Waals surface area contributed by atoms with Gasteiger partial charge in [0.1, 0.15) is 5.69 Å². The lowest BCUT2D eigenvalue weighted by Gasteiger charge is -2.10. The zero-order valence-corrected chi connectivity index (χ0v) is 16.1. The van der Waals surface area contributed by atoms with Gasteiger partial charge in [0.2, 0.25) is 5.95 Å². The highest BCUT2D eigenvalue weighted by molar-refractivity contribution is 6.03. The largest absolute Gasteiger partial charge is 0.324 e. The summed E-state index contributed by atoms with van der Waals surface area (Å²) in [5.41, 5.74) is 5.07. The minimum absolute atomic E-state index is 0.262. The van der Waals surface area contributed by atoms with Crippen molar-refractivity contribution in [1.82, 2.24) is 9.97 Å². The third-order valence-electron chi connectivity index (χ3n) is 4.23. The zero-order valence-electron chi connectivity index (χ0n) is 16.1. The number of aryl methyl sites for hydroxylation is 2. The number of anilines is 3. The first-order chi connectivity index (χ1) is 12.9. The van der Waals surface area contributed by atoms with Crippen LogP contribution in [0.4, 0.5) is 17.3 Å². The Kier molecular flexibility index (Phi) is 5.50. The minimum Gasteiger partial charge on any atom is -0.324 e. The Hall–Kier alpha value is -3.21. The summed E-state index contributed by atoms with van der Waals surface area (Å²) >= 11 is 0. The van der Waals surface area contributed by atoms with Crippen molar-refractivity contribution in [2.45, 2.75) is 33.6 Å². The van der Waals surface area contributed by atoms with Crippen LogP contribution in [0.2, 0.25) is 0 Å². The van der Waals surface area contributed by atoms with Crippen LogP contribution in [0.15, 0.2) is 54.6 Å². The van der Waals surface area contributed by atoms with Gasteiger partial charge in [0.15, 0.2) is 0 Å². The topological polar surface area (TPSA) is 66.9 Å². The Bertz CT molecular complexity index is 932. The van der Waals surface area contributed by atoms with Crippen molar-refractivity contribution in [2.24, 2.45) is 0 Å². The normalized spacial score (nSPS) is 10.7. The van der Waals surface area contributed by atoms with Crippen molar-refractivity contribution < 1.29 is 4.79 Å². The SMILES string of the molecule is Cc1ccc(NC(=O)c2cc(C)nc(Nc3ccc(C(C)C)cc3)n2)cc1. The Morgan fingerprint density at radius 3 is 2.15 bits per heavy atom. The molecule has 0 fully saturated rings. The maximum absolute atomic E-state index is 12.5. The first-order valence-corrected chi connectivity index (χ1v) is 9.01. The van der Waals surface area contributed by atoms with Crippen LogP contribution in [0.25, 0.3) is 0 Å². The summed E-state index contributed by atoms with van der Waals surface area (Å²) in [4.78, 5) is 21.3. The van der Waals surface area contributed by atoms with Crippen LogP contribution >= 0.6 is 0 Å². The zero-order chi connectivity index (χ0) is 19.4. The van der Waals surface area contributed by atoms with Crippen LogP contribution in [0, 0.1) is 13.8 Å². The fourth-order valence-electron chi connectivity index (χ4n) is 2.65. The third kappa shape index (κ3) is 4.91. The average molecular weight is 360 g/mol. The molecular formula is C22H24N4O. The molecule has 0 unspecified atom stereocenters. The molecule has 0 aliphatic rings. The van der Waals surface area contributed by atoms with Gasteiger partial charge in [0, 0.05) is 17.1 Å². The molecular weight excluding hydrogens is 336 g/mol. The molecule has 138 valence electrons. The summed E-state index contributed by atoms with van der Waals surface area (Å²) in [5.74, 6) is 0.621. The molecule has 0 bridgehead atoms. The fraction of sp³-hybridized carbons (Fsp3) is 0.227. The van der Waals surface area contributed by atoms with Gasteiger partial charge >= 0.3 is 0 Å². The molecule has 3 rings (SSSR count). The van der Waals surface area contributed by atoms with E-state index in [2.05, 4.69) is 46.6 Å². The highest BCUT2D eigenvalue weighted by Gasteiger charge is 2.11. The maximum Gasteiger partial charge on any atom is 0.274 e. The summed E-state index contributed by atoms with van der Waals surface area (Å²) in [6.45, 7) is 8.17. The number of hydrogen-bond acceptors (Lipinski definition) is 4. The molecule has 3 aromatic rings. The molecule has 0 spiro atoms. The molecule has 1 aromatic heterocycles. The molecule has 0 saturated heterocycles. The molecule has 0 atom stereocenters. The van der Waals surface area contributed by atoms with E-state index in [9.17, 15) is 4.79 Å². The Morgan fingerprint density at radius 2 is 1.52 bits per heavy atom. The van der Waals surface area contributed by atoms with E-state index in [4.69, 9.17) is 0 Å². The number of nitrogens with one attached hydrogen (secondary N) is 2. The Balaban J connectivity index is 1.77. The van der Waals surface area contributed by atoms with Crippen molar-refractivity contribution in [3.05, 3.63) is 77.1 Å². The highest BCUT2D eigenvalue weighted by atomic mass is 16.1. The smallest absolute Gasteiger partial charge is 0.274 e. The van der Waals surface area contributed by atoms with Gasteiger partial charge in [-0.05, 0) is 55.7 Å². The van der Waals surface area contributed by atoms with Crippen molar-refractivity contribution in [1.29, 1.82) is 0 Å². The van der Waals surface area contributed by atoms with Crippen molar-refractivity contribution in [3.8, 4) is 0 Å². The monoisotopic (exact) mass is 360 g/mol. The number of nitrogens with zero attached hydrogens (tertiary/aromatic N) is 2. The Morgan fingerprint density at radius 1 is 0.889 bits per heavy atom. The number of amides is 1. The predicted molar refractivity (Wildman–Crippen MR) is 110 cm³/mol. The molecule has 0 radical (unpaired) electrons. The van der Waals surface area contributed by atoms with Crippen LogP contribution in [0.5, 0.6) is 0 Å². The summed E-state index contributed by atoms with van der Waals surface area (Å²) in [6.07, 6.45) is 0. The molecule has 5 nitrogen and oxygen atoms in total. The van der Waals surface area contributed by atoms with E-state index in [1.807, 2.05) is 50.2 Å². The molecule has 27 heavy (non-hydrogen) atoms. The van der Waals surface area contributed by atoms with Crippen molar-refractivity contribution in [3.63, 3.8) is 0 Å².